The van der Waals surface area contributed by atoms with Crippen molar-refractivity contribution in [1.82, 2.24) is 0 Å². The van der Waals surface area contributed by atoms with E-state index in [4.69, 9.17) is 0 Å². The molecule has 2 rings (SSSR count). The maximum absolute atomic E-state index is 3.89. The van der Waals surface area contributed by atoms with Crippen LogP contribution in [0.25, 0.3) is 0 Å². The van der Waals surface area contributed by atoms with Crippen LogP contribution in [0.1, 0.15) is 44.9 Å². The zero-order valence-electron chi connectivity index (χ0n) is 7.23. The van der Waals surface area contributed by atoms with Crippen LogP contribution in [-0.4, -0.2) is 0 Å². The molecule has 2 bridgehead atoms. The van der Waals surface area contributed by atoms with Crippen molar-refractivity contribution in [2.45, 2.75) is 44.9 Å². The van der Waals surface area contributed by atoms with Crippen LogP contribution < -0.4 is 0 Å². The van der Waals surface area contributed by atoms with Gasteiger partial charge in [-0.05, 0) is 44.4 Å². The van der Waals surface area contributed by atoms with Gasteiger partial charge in [0.05, 0.1) is 0 Å². The van der Waals surface area contributed by atoms with Crippen molar-refractivity contribution in [3.63, 3.8) is 0 Å². The SMILES string of the molecule is [CH2]CCCC1=C2CCC(C1)C2. The molecule has 61 valence electrons. The topological polar surface area (TPSA) is 0 Å². The quantitative estimate of drug-likeness (QED) is 0.539. The Bertz CT molecular complexity index is 176. The van der Waals surface area contributed by atoms with Crippen LogP contribution in [0.2, 0.25) is 0 Å². The molecule has 0 heteroatoms. The Morgan fingerprint density at radius 1 is 1.36 bits per heavy atom. The number of unbranched alkanes of at least 4 members (excludes halogenated alkanes) is 1. The maximum Gasteiger partial charge on any atom is -0.0286 e. The number of allylic oxidation sites excluding steroid dienone is 2. The molecule has 0 heterocycles. The zero-order chi connectivity index (χ0) is 7.68. The van der Waals surface area contributed by atoms with Crippen molar-refractivity contribution in [2.24, 2.45) is 5.92 Å². The Morgan fingerprint density at radius 3 is 2.82 bits per heavy atom. The van der Waals surface area contributed by atoms with E-state index < -0.39 is 0 Å². The summed E-state index contributed by atoms with van der Waals surface area (Å²) in [6, 6.07) is 0. The summed E-state index contributed by atoms with van der Waals surface area (Å²) in [5.41, 5.74) is 3.63. The molecule has 0 aliphatic heterocycles. The van der Waals surface area contributed by atoms with Crippen LogP contribution >= 0.6 is 0 Å². The molecule has 0 aromatic carbocycles. The Labute approximate surface area is 69.7 Å². The highest BCUT2D eigenvalue weighted by atomic mass is 14.3. The third-order valence-electron chi connectivity index (χ3n) is 3.15. The molecule has 1 atom stereocenters. The first-order chi connectivity index (χ1) is 5.40. The molecule has 2 aliphatic rings. The third kappa shape index (κ3) is 1.36. The Balaban J connectivity index is 1.93. The Kier molecular flexibility index (Phi) is 2.02. The van der Waals surface area contributed by atoms with E-state index >= 15 is 0 Å². The molecule has 2 aliphatic carbocycles. The Hall–Kier alpha value is -0.260. The van der Waals surface area contributed by atoms with Crippen LogP contribution in [0.3, 0.4) is 0 Å². The van der Waals surface area contributed by atoms with Gasteiger partial charge in [0.15, 0.2) is 0 Å². The van der Waals surface area contributed by atoms with Gasteiger partial charge in [0.2, 0.25) is 0 Å². The van der Waals surface area contributed by atoms with Crippen molar-refractivity contribution < 1.29 is 0 Å². The van der Waals surface area contributed by atoms with Crippen molar-refractivity contribution >= 4 is 0 Å². The first-order valence-electron chi connectivity index (χ1n) is 4.89. The second-order valence-corrected chi connectivity index (χ2v) is 3.98. The summed E-state index contributed by atoms with van der Waals surface area (Å²) in [5, 5.41) is 0. The van der Waals surface area contributed by atoms with E-state index in [1.165, 1.54) is 38.5 Å². The van der Waals surface area contributed by atoms with Gasteiger partial charge < -0.3 is 0 Å². The van der Waals surface area contributed by atoms with E-state index in [1.54, 1.807) is 0 Å². The second kappa shape index (κ2) is 3.00. The third-order valence-corrected chi connectivity index (χ3v) is 3.15. The first kappa shape index (κ1) is 7.39. The molecule has 1 radical (unpaired) electrons. The first-order valence-corrected chi connectivity index (χ1v) is 4.89. The summed E-state index contributed by atoms with van der Waals surface area (Å²) in [5.74, 6) is 1.06. The molecule has 0 aromatic heterocycles. The van der Waals surface area contributed by atoms with E-state index in [9.17, 15) is 0 Å². The van der Waals surface area contributed by atoms with Crippen molar-refractivity contribution in [3.8, 4) is 0 Å². The standard InChI is InChI=1S/C11H17/c1-2-3-4-10-7-9-5-6-11(10)8-9/h9H,1-8H2. The lowest BCUT2D eigenvalue weighted by molar-refractivity contribution is 0.551. The highest BCUT2D eigenvalue weighted by Crippen LogP contribution is 2.45. The molecule has 0 amide bonds. The van der Waals surface area contributed by atoms with Gasteiger partial charge >= 0.3 is 0 Å². The van der Waals surface area contributed by atoms with Crippen LogP contribution in [-0.2, 0) is 0 Å². The van der Waals surface area contributed by atoms with E-state index in [0.29, 0.717) is 0 Å². The van der Waals surface area contributed by atoms with Gasteiger partial charge in [-0.2, -0.15) is 0 Å². The fraction of sp³-hybridized carbons (Fsp3) is 0.727. The lowest BCUT2D eigenvalue weighted by Gasteiger charge is -2.10. The average Bonchev–Trinajstić information content (AvgIpc) is 2.60. The number of fused-ring (bicyclic) bond motifs is 2. The molecule has 0 nitrogen and oxygen atoms in total. The van der Waals surface area contributed by atoms with Crippen molar-refractivity contribution in [2.75, 3.05) is 0 Å². The summed E-state index contributed by atoms with van der Waals surface area (Å²) in [4.78, 5) is 0. The average molecular weight is 149 g/mol. The van der Waals surface area contributed by atoms with Gasteiger partial charge in [-0.15, -0.1) is 0 Å². The fourth-order valence-electron chi connectivity index (χ4n) is 2.54. The lowest BCUT2D eigenvalue weighted by atomic mass is 9.95. The number of hydrogen-bond donors (Lipinski definition) is 0. The molecule has 1 saturated carbocycles. The maximum atomic E-state index is 3.89. The van der Waals surface area contributed by atoms with Crippen LogP contribution in [0.4, 0.5) is 0 Å². The second-order valence-electron chi connectivity index (χ2n) is 3.98. The molecular weight excluding hydrogens is 132 g/mol. The predicted molar refractivity (Wildman–Crippen MR) is 48.2 cm³/mol. The predicted octanol–water partition coefficient (Wildman–Crippen LogP) is 3.49. The fourth-order valence-corrected chi connectivity index (χ4v) is 2.54. The highest BCUT2D eigenvalue weighted by Gasteiger charge is 2.28. The molecule has 0 aromatic rings. The van der Waals surface area contributed by atoms with Gasteiger partial charge in [-0.1, -0.05) is 24.5 Å². The van der Waals surface area contributed by atoms with E-state index in [2.05, 4.69) is 6.92 Å². The Morgan fingerprint density at radius 2 is 2.27 bits per heavy atom. The van der Waals surface area contributed by atoms with E-state index in [1.807, 2.05) is 11.1 Å². The van der Waals surface area contributed by atoms with Crippen LogP contribution in [0, 0.1) is 12.8 Å². The molecule has 1 fully saturated rings. The molecule has 0 saturated heterocycles. The normalized spacial score (nSPS) is 28.6. The minimum Gasteiger partial charge on any atom is -0.0707 e. The minimum atomic E-state index is 1.06. The van der Waals surface area contributed by atoms with Gasteiger partial charge in [0.25, 0.3) is 0 Å². The van der Waals surface area contributed by atoms with Crippen molar-refractivity contribution in [1.29, 1.82) is 0 Å². The van der Waals surface area contributed by atoms with Gasteiger partial charge in [-0.25, -0.2) is 0 Å². The summed E-state index contributed by atoms with van der Waals surface area (Å²) in [6.45, 7) is 3.89. The summed E-state index contributed by atoms with van der Waals surface area (Å²) in [6.07, 6.45) is 9.59. The largest absolute Gasteiger partial charge is 0.0707 e. The van der Waals surface area contributed by atoms with Crippen molar-refractivity contribution in [3.05, 3.63) is 18.1 Å². The van der Waals surface area contributed by atoms with Gasteiger partial charge in [0, 0.05) is 0 Å². The molecule has 0 N–H and O–H groups in total. The zero-order valence-corrected chi connectivity index (χ0v) is 7.23. The molecule has 0 spiro atoms. The van der Waals surface area contributed by atoms with Gasteiger partial charge in [0.1, 0.15) is 0 Å². The highest BCUT2D eigenvalue weighted by molar-refractivity contribution is 5.25. The van der Waals surface area contributed by atoms with Gasteiger partial charge in [-0.3, -0.25) is 0 Å². The molecule has 1 unspecified atom stereocenters. The summed E-state index contributed by atoms with van der Waals surface area (Å²) < 4.78 is 0. The van der Waals surface area contributed by atoms with E-state index in [0.717, 1.165) is 12.3 Å². The number of rotatable bonds is 3. The summed E-state index contributed by atoms with van der Waals surface area (Å²) in [7, 11) is 0. The summed E-state index contributed by atoms with van der Waals surface area (Å²) >= 11 is 0. The monoisotopic (exact) mass is 149 g/mol. The smallest absolute Gasteiger partial charge is 0.0286 e. The molecular formula is C11H17. The lowest BCUT2D eigenvalue weighted by Crippen LogP contribution is -1.94. The minimum absolute atomic E-state index is 1.06. The molecule has 11 heavy (non-hydrogen) atoms. The van der Waals surface area contributed by atoms with Crippen LogP contribution in [0.5, 0.6) is 0 Å². The number of hydrogen-bond acceptors (Lipinski definition) is 0. The van der Waals surface area contributed by atoms with Crippen LogP contribution in [0.15, 0.2) is 11.1 Å². The van der Waals surface area contributed by atoms with E-state index in [-0.39, 0.29) is 0 Å².